The number of furan rings is 1. The Morgan fingerprint density at radius 2 is 1.74 bits per heavy atom. The number of amides is 1. The summed E-state index contributed by atoms with van der Waals surface area (Å²) in [6.45, 7) is 1.22. The highest BCUT2D eigenvalue weighted by Crippen LogP contribution is 2.32. The molecule has 2 aromatic carbocycles. The molecule has 1 aromatic heterocycles. The Balaban J connectivity index is 1.49. The molecule has 1 fully saturated rings. The molecule has 1 aliphatic rings. The van der Waals surface area contributed by atoms with Crippen LogP contribution in [-0.4, -0.2) is 19.1 Å². The molecule has 0 radical (unpaired) electrons. The summed E-state index contributed by atoms with van der Waals surface area (Å²) in [5.41, 5.74) is 2.81. The molecule has 164 valence electrons. The van der Waals surface area contributed by atoms with Gasteiger partial charge in [-0.15, -0.1) is 0 Å². The SMILES string of the molecule is COc1ccc(CNC2CCCCCCC2)c2cc(C(=O)NCc3ccccc3)oc12. The number of carbonyl (C=O) groups excluding carboxylic acids is 1. The highest BCUT2D eigenvalue weighted by atomic mass is 16.5. The molecule has 1 amide bonds. The van der Waals surface area contributed by atoms with E-state index >= 15 is 0 Å². The van der Waals surface area contributed by atoms with E-state index in [0.29, 0.717) is 29.7 Å². The third-order valence-electron chi connectivity index (χ3n) is 6.16. The van der Waals surface area contributed by atoms with E-state index < -0.39 is 0 Å². The number of carbonyl (C=O) groups is 1. The number of nitrogens with one attached hydrogen (secondary N) is 2. The fourth-order valence-corrected chi connectivity index (χ4v) is 4.36. The lowest BCUT2D eigenvalue weighted by molar-refractivity contribution is 0.0925. The van der Waals surface area contributed by atoms with Crippen LogP contribution in [0.5, 0.6) is 5.75 Å². The largest absolute Gasteiger partial charge is 0.493 e. The van der Waals surface area contributed by atoms with Crippen LogP contribution in [0, 0.1) is 0 Å². The second kappa shape index (κ2) is 10.5. The molecule has 2 N–H and O–H groups in total. The summed E-state index contributed by atoms with van der Waals surface area (Å²) in [5, 5.41) is 7.61. The maximum atomic E-state index is 12.7. The van der Waals surface area contributed by atoms with E-state index in [-0.39, 0.29) is 5.91 Å². The van der Waals surface area contributed by atoms with Crippen LogP contribution < -0.4 is 15.4 Å². The first kappa shape index (κ1) is 21.4. The molecule has 0 saturated heterocycles. The van der Waals surface area contributed by atoms with Crippen molar-refractivity contribution in [2.45, 2.75) is 64.1 Å². The van der Waals surface area contributed by atoms with Gasteiger partial charge in [-0.25, -0.2) is 0 Å². The second-order valence-corrected chi connectivity index (χ2v) is 8.37. The zero-order chi connectivity index (χ0) is 21.5. The average Bonchev–Trinajstić information content (AvgIpc) is 3.23. The topological polar surface area (TPSA) is 63.5 Å². The molecular formula is C26H32N2O3. The molecule has 5 nitrogen and oxygen atoms in total. The van der Waals surface area contributed by atoms with Gasteiger partial charge in [0.25, 0.3) is 5.91 Å². The molecule has 1 aliphatic carbocycles. The molecule has 0 bridgehead atoms. The van der Waals surface area contributed by atoms with E-state index in [1.54, 1.807) is 7.11 Å². The zero-order valence-corrected chi connectivity index (χ0v) is 18.3. The third kappa shape index (κ3) is 5.47. The molecule has 1 saturated carbocycles. The second-order valence-electron chi connectivity index (χ2n) is 8.37. The molecule has 0 unspecified atom stereocenters. The van der Waals surface area contributed by atoms with E-state index in [2.05, 4.69) is 16.7 Å². The van der Waals surface area contributed by atoms with E-state index in [0.717, 1.165) is 23.1 Å². The van der Waals surface area contributed by atoms with Gasteiger partial charge in [-0.2, -0.15) is 0 Å². The molecule has 0 atom stereocenters. The van der Waals surface area contributed by atoms with Gasteiger partial charge in [0.15, 0.2) is 17.1 Å². The predicted octanol–water partition coefficient (Wildman–Crippen LogP) is 5.57. The monoisotopic (exact) mass is 420 g/mol. The first-order valence-electron chi connectivity index (χ1n) is 11.4. The van der Waals surface area contributed by atoms with Gasteiger partial charge in [-0.3, -0.25) is 4.79 Å². The summed E-state index contributed by atoms with van der Waals surface area (Å²) in [4.78, 5) is 12.7. The Bertz CT molecular complexity index is 989. The van der Waals surface area contributed by atoms with E-state index in [9.17, 15) is 4.79 Å². The van der Waals surface area contributed by atoms with Gasteiger partial charge in [0.2, 0.25) is 0 Å². The Kier molecular flexibility index (Phi) is 7.26. The van der Waals surface area contributed by atoms with Gasteiger partial charge in [0.1, 0.15) is 0 Å². The van der Waals surface area contributed by atoms with E-state index in [1.807, 2.05) is 42.5 Å². The number of ether oxygens (including phenoxy) is 1. The van der Waals surface area contributed by atoms with Crippen molar-refractivity contribution in [3.8, 4) is 5.75 Å². The van der Waals surface area contributed by atoms with Gasteiger partial charge >= 0.3 is 0 Å². The van der Waals surface area contributed by atoms with Crippen LogP contribution in [0.15, 0.2) is 52.9 Å². The maximum absolute atomic E-state index is 12.7. The number of benzene rings is 2. The summed E-state index contributed by atoms with van der Waals surface area (Å²) in [7, 11) is 1.62. The minimum absolute atomic E-state index is 0.221. The molecule has 5 heteroatoms. The molecule has 0 spiro atoms. The first-order valence-corrected chi connectivity index (χ1v) is 11.4. The van der Waals surface area contributed by atoms with E-state index in [4.69, 9.17) is 9.15 Å². The van der Waals surface area contributed by atoms with Crippen LogP contribution in [0.25, 0.3) is 11.0 Å². The zero-order valence-electron chi connectivity index (χ0n) is 18.3. The number of rotatable bonds is 7. The summed E-state index contributed by atoms with van der Waals surface area (Å²) >= 11 is 0. The number of methoxy groups -OCH3 is 1. The van der Waals surface area contributed by atoms with Crippen molar-refractivity contribution in [2.24, 2.45) is 0 Å². The van der Waals surface area contributed by atoms with Crippen molar-refractivity contribution in [1.82, 2.24) is 10.6 Å². The Morgan fingerprint density at radius 1 is 1.00 bits per heavy atom. The number of fused-ring (bicyclic) bond motifs is 1. The highest BCUT2D eigenvalue weighted by Gasteiger charge is 2.18. The van der Waals surface area contributed by atoms with Gasteiger partial charge in [-0.05, 0) is 36.1 Å². The summed E-state index contributed by atoms with van der Waals surface area (Å²) < 4.78 is 11.4. The van der Waals surface area contributed by atoms with Crippen LogP contribution in [0.1, 0.15) is 66.6 Å². The molecule has 3 aromatic rings. The molecule has 4 rings (SSSR count). The lowest BCUT2D eigenvalue weighted by Gasteiger charge is -2.21. The van der Waals surface area contributed by atoms with Crippen molar-refractivity contribution in [3.63, 3.8) is 0 Å². The van der Waals surface area contributed by atoms with Crippen molar-refractivity contribution >= 4 is 16.9 Å². The van der Waals surface area contributed by atoms with Crippen LogP contribution in [-0.2, 0) is 13.1 Å². The van der Waals surface area contributed by atoms with Crippen molar-refractivity contribution in [1.29, 1.82) is 0 Å². The minimum Gasteiger partial charge on any atom is -0.493 e. The van der Waals surface area contributed by atoms with Crippen LogP contribution in [0.4, 0.5) is 0 Å². The number of hydrogen-bond acceptors (Lipinski definition) is 4. The lowest BCUT2D eigenvalue weighted by atomic mass is 9.96. The lowest BCUT2D eigenvalue weighted by Crippen LogP contribution is -2.29. The summed E-state index contributed by atoms with van der Waals surface area (Å²) in [6, 6.07) is 16.2. The quantitative estimate of drug-likeness (QED) is 0.524. The van der Waals surface area contributed by atoms with Crippen LogP contribution >= 0.6 is 0 Å². The molecule has 1 heterocycles. The van der Waals surface area contributed by atoms with Crippen molar-refractivity contribution < 1.29 is 13.9 Å². The predicted molar refractivity (Wildman–Crippen MR) is 123 cm³/mol. The Morgan fingerprint density at radius 3 is 2.48 bits per heavy atom. The molecule has 31 heavy (non-hydrogen) atoms. The van der Waals surface area contributed by atoms with E-state index in [1.165, 1.54) is 44.9 Å². The average molecular weight is 421 g/mol. The summed E-state index contributed by atoms with van der Waals surface area (Å²) in [6.07, 6.45) is 9.12. The normalized spacial score (nSPS) is 15.4. The van der Waals surface area contributed by atoms with Gasteiger partial charge in [0, 0.05) is 24.5 Å². The Hall–Kier alpha value is -2.79. The third-order valence-corrected chi connectivity index (χ3v) is 6.16. The van der Waals surface area contributed by atoms with Gasteiger partial charge in [-0.1, -0.05) is 68.5 Å². The number of hydrogen-bond donors (Lipinski definition) is 2. The standard InChI is InChI=1S/C26H32N2O3/c1-30-23-15-14-20(18-27-21-12-8-3-2-4-9-13-21)22-16-24(31-25(22)23)26(29)28-17-19-10-6-5-7-11-19/h5-7,10-11,14-16,21,27H,2-4,8-9,12-13,17-18H2,1H3,(H,28,29). The van der Waals surface area contributed by atoms with Crippen LogP contribution in [0.2, 0.25) is 0 Å². The highest BCUT2D eigenvalue weighted by molar-refractivity contribution is 5.98. The maximum Gasteiger partial charge on any atom is 0.287 e. The fraction of sp³-hybridized carbons (Fsp3) is 0.423. The fourth-order valence-electron chi connectivity index (χ4n) is 4.36. The Labute approximate surface area is 184 Å². The summed E-state index contributed by atoms with van der Waals surface area (Å²) in [5.74, 6) is 0.732. The van der Waals surface area contributed by atoms with Gasteiger partial charge < -0.3 is 19.8 Å². The first-order chi connectivity index (χ1) is 15.2. The van der Waals surface area contributed by atoms with Crippen LogP contribution in [0.3, 0.4) is 0 Å². The minimum atomic E-state index is -0.221. The molecular weight excluding hydrogens is 388 g/mol. The molecule has 0 aliphatic heterocycles. The van der Waals surface area contributed by atoms with Crippen molar-refractivity contribution in [2.75, 3.05) is 7.11 Å². The smallest absolute Gasteiger partial charge is 0.287 e. The van der Waals surface area contributed by atoms with Gasteiger partial charge in [0.05, 0.1) is 7.11 Å². The van der Waals surface area contributed by atoms with Crippen molar-refractivity contribution in [3.05, 3.63) is 65.4 Å².